The highest BCUT2D eigenvalue weighted by Gasteiger charge is 2.26. The lowest BCUT2D eigenvalue weighted by Gasteiger charge is -2.32. The third kappa shape index (κ3) is 4.74. The van der Waals surface area contributed by atoms with Gasteiger partial charge in [-0.25, -0.2) is 0 Å². The zero-order valence-electron chi connectivity index (χ0n) is 16.5. The molecule has 7 heteroatoms. The fourth-order valence-electron chi connectivity index (χ4n) is 3.48. The number of carbonyl (C=O) groups is 1. The molecular weight excluding hydrogens is 370 g/mol. The topological polar surface area (TPSA) is 77.7 Å². The van der Waals surface area contributed by atoms with Crippen LogP contribution in [0.1, 0.15) is 42.4 Å². The van der Waals surface area contributed by atoms with E-state index >= 15 is 0 Å². The van der Waals surface area contributed by atoms with Crippen LogP contribution in [0.5, 0.6) is 5.75 Å². The number of likely N-dealkylation sites (tertiary alicyclic amines) is 1. The summed E-state index contributed by atoms with van der Waals surface area (Å²) in [6.45, 7) is 4.33. The zero-order chi connectivity index (χ0) is 20.1. The lowest BCUT2D eigenvalue weighted by molar-refractivity contribution is 0.00180. The molecule has 1 saturated heterocycles. The van der Waals surface area contributed by atoms with Gasteiger partial charge in [-0.05, 0) is 43.5 Å². The number of nitrogens with zero attached hydrogens (tertiary/aromatic N) is 3. The van der Waals surface area contributed by atoms with Gasteiger partial charge in [0, 0.05) is 37.3 Å². The molecule has 4 rings (SSSR count). The number of rotatable bonds is 7. The first-order chi connectivity index (χ1) is 14.2. The lowest BCUT2D eigenvalue weighted by Crippen LogP contribution is -2.43. The van der Waals surface area contributed by atoms with Crippen molar-refractivity contribution in [3.63, 3.8) is 0 Å². The van der Waals surface area contributed by atoms with Crippen molar-refractivity contribution in [1.29, 1.82) is 0 Å². The number of hydrogen-bond acceptors (Lipinski definition) is 6. The van der Waals surface area contributed by atoms with Crippen LogP contribution in [0.3, 0.4) is 0 Å². The minimum atomic E-state index is -0.124. The number of benzene rings is 1. The molecule has 2 aromatic heterocycles. The SMILES string of the molecule is CCCOC1CCCN(C(=O)c2cc(COc3ccc4ncccc4c3)on2)C1. The average molecular weight is 395 g/mol. The van der Waals surface area contributed by atoms with Crippen molar-refractivity contribution in [3.05, 3.63) is 54.0 Å². The van der Waals surface area contributed by atoms with E-state index in [4.69, 9.17) is 14.0 Å². The maximum atomic E-state index is 12.8. The molecule has 0 radical (unpaired) electrons. The molecule has 152 valence electrons. The van der Waals surface area contributed by atoms with Crippen LogP contribution >= 0.6 is 0 Å². The van der Waals surface area contributed by atoms with Gasteiger partial charge < -0.3 is 18.9 Å². The second-order valence-corrected chi connectivity index (χ2v) is 7.21. The van der Waals surface area contributed by atoms with E-state index in [1.54, 1.807) is 17.2 Å². The molecular formula is C22H25N3O4. The number of hydrogen-bond donors (Lipinski definition) is 0. The van der Waals surface area contributed by atoms with Gasteiger partial charge in [0.05, 0.1) is 11.6 Å². The molecule has 3 heterocycles. The lowest BCUT2D eigenvalue weighted by atomic mass is 10.1. The number of pyridine rings is 1. The van der Waals surface area contributed by atoms with Crippen molar-refractivity contribution in [2.75, 3.05) is 19.7 Å². The van der Waals surface area contributed by atoms with Crippen LogP contribution in [-0.4, -0.2) is 46.7 Å². The first-order valence-corrected chi connectivity index (χ1v) is 10.1. The number of ether oxygens (including phenoxy) is 2. The molecule has 1 atom stereocenters. The first kappa shape index (κ1) is 19.4. The highest BCUT2D eigenvalue weighted by atomic mass is 16.5. The quantitative estimate of drug-likeness (QED) is 0.605. The monoisotopic (exact) mass is 395 g/mol. The molecule has 29 heavy (non-hydrogen) atoms. The van der Waals surface area contributed by atoms with Crippen LogP contribution in [0.4, 0.5) is 0 Å². The Kier molecular flexibility index (Phi) is 6.05. The molecule has 3 aromatic rings. The highest BCUT2D eigenvalue weighted by molar-refractivity contribution is 5.92. The Morgan fingerprint density at radius 1 is 1.31 bits per heavy atom. The van der Waals surface area contributed by atoms with Crippen molar-refractivity contribution in [2.45, 2.75) is 38.9 Å². The number of piperidine rings is 1. The van der Waals surface area contributed by atoms with Gasteiger partial charge in [-0.2, -0.15) is 0 Å². The van der Waals surface area contributed by atoms with Crippen molar-refractivity contribution >= 4 is 16.8 Å². The Morgan fingerprint density at radius 3 is 3.14 bits per heavy atom. The van der Waals surface area contributed by atoms with Crippen LogP contribution in [-0.2, 0) is 11.3 Å². The molecule has 7 nitrogen and oxygen atoms in total. The zero-order valence-corrected chi connectivity index (χ0v) is 16.5. The smallest absolute Gasteiger partial charge is 0.276 e. The highest BCUT2D eigenvalue weighted by Crippen LogP contribution is 2.21. The van der Waals surface area contributed by atoms with E-state index in [2.05, 4.69) is 17.1 Å². The summed E-state index contributed by atoms with van der Waals surface area (Å²) >= 11 is 0. The number of aromatic nitrogens is 2. The van der Waals surface area contributed by atoms with Gasteiger partial charge in [0.15, 0.2) is 11.5 Å². The summed E-state index contributed by atoms with van der Waals surface area (Å²) in [5.41, 5.74) is 1.22. The second-order valence-electron chi connectivity index (χ2n) is 7.21. The average Bonchev–Trinajstić information content (AvgIpc) is 3.25. The number of amides is 1. The van der Waals surface area contributed by atoms with Crippen LogP contribution in [0.25, 0.3) is 10.9 Å². The molecule has 1 aliphatic rings. The van der Waals surface area contributed by atoms with Crippen LogP contribution in [0, 0.1) is 0 Å². The van der Waals surface area contributed by atoms with Gasteiger partial charge in [0.2, 0.25) is 0 Å². The third-order valence-corrected chi connectivity index (χ3v) is 4.96. The van der Waals surface area contributed by atoms with E-state index in [-0.39, 0.29) is 18.6 Å². The number of fused-ring (bicyclic) bond motifs is 1. The third-order valence-electron chi connectivity index (χ3n) is 4.96. The Hall–Kier alpha value is -2.93. The Bertz CT molecular complexity index is 971. The predicted molar refractivity (Wildman–Crippen MR) is 108 cm³/mol. The van der Waals surface area contributed by atoms with E-state index in [9.17, 15) is 4.79 Å². The van der Waals surface area contributed by atoms with Crippen LogP contribution in [0.2, 0.25) is 0 Å². The fourth-order valence-corrected chi connectivity index (χ4v) is 3.48. The summed E-state index contributed by atoms with van der Waals surface area (Å²) in [7, 11) is 0. The maximum absolute atomic E-state index is 12.8. The molecule has 0 bridgehead atoms. The van der Waals surface area contributed by atoms with Gasteiger partial charge in [0.25, 0.3) is 5.91 Å². The Labute approximate surface area is 169 Å². The second kappa shape index (κ2) is 9.05. The van der Waals surface area contributed by atoms with Crippen molar-refractivity contribution in [1.82, 2.24) is 15.0 Å². The van der Waals surface area contributed by atoms with E-state index in [0.29, 0.717) is 30.3 Å². The van der Waals surface area contributed by atoms with Crippen molar-refractivity contribution in [2.24, 2.45) is 0 Å². The molecule has 1 unspecified atom stereocenters. The van der Waals surface area contributed by atoms with Crippen molar-refractivity contribution in [3.8, 4) is 5.75 Å². The largest absolute Gasteiger partial charge is 0.486 e. The maximum Gasteiger partial charge on any atom is 0.276 e. The van der Waals surface area contributed by atoms with E-state index in [1.165, 1.54) is 0 Å². The normalized spacial score (nSPS) is 16.9. The number of carbonyl (C=O) groups excluding carboxylic acids is 1. The minimum absolute atomic E-state index is 0.102. The molecule has 0 spiro atoms. The van der Waals surface area contributed by atoms with Gasteiger partial charge in [-0.3, -0.25) is 9.78 Å². The standard InChI is InChI=1S/C22H25N3O4/c1-2-11-27-18-6-4-10-25(14-18)22(26)21-13-19(29-24-21)15-28-17-7-8-20-16(12-17)5-3-9-23-20/h3,5,7-9,12-13,18H,2,4,6,10-11,14-15H2,1H3. The van der Waals surface area contributed by atoms with Crippen molar-refractivity contribution < 1.29 is 18.8 Å². The summed E-state index contributed by atoms with van der Waals surface area (Å²) in [5, 5.41) is 4.95. The first-order valence-electron chi connectivity index (χ1n) is 10.1. The summed E-state index contributed by atoms with van der Waals surface area (Å²) in [6, 6.07) is 11.2. The summed E-state index contributed by atoms with van der Waals surface area (Å²) in [6.07, 6.45) is 4.76. The molecule has 1 aromatic carbocycles. The molecule has 1 fully saturated rings. The van der Waals surface area contributed by atoms with E-state index in [1.807, 2.05) is 30.3 Å². The minimum Gasteiger partial charge on any atom is -0.486 e. The summed E-state index contributed by atoms with van der Waals surface area (Å²) in [4.78, 5) is 18.8. The van der Waals surface area contributed by atoms with E-state index in [0.717, 1.165) is 36.8 Å². The molecule has 0 aliphatic carbocycles. The van der Waals surface area contributed by atoms with Crippen LogP contribution in [0.15, 0.2) is 47.1 Å². The van der Waals surface area contributed by atoms with Gasteiger partial charge >= 0.3 is 0 Å². The van der Waals surface area contributed by atoms with Gasteiger partial charge in [0.1, 0.15) is 12.4 Å². The van der Waals surface area contributed by atoms with Crippen LogP contribution < -0.4 is 4.74 Å². The molecule has 0 saturated carbocycles. The fraction of sp³-hybridized carbons (Fsp3) is 0.409. The summed E-state index contributed by atoms with van der Waals surface area (Å²) < 4.78 is 16.9. The van der Waals surface area contributed by atoms with Gasteiger partial charge in [-0.1, -0.05) is 18.1 Å². The van der Waals surface area contributed by atoms with Gasteiger partial charge in [-0.15, -0.1) is 0 Å². The Morgan fingerprint density at radius 2 is 2.24 bits per heavy atom. The predicted octanol–water partition coefficient (Wildman–Crippen LogP) is 3.83. The Balaban J connectivity index is 1.35. The molecule has 1 aliphatic heterocycles. The van der Waals surface area contributed by atoms with E-state index < -0.39 is 0 Å². The summed E-state index contributed by atoms with van der Waals surface area (Å²) in [5.74, 6) is 1.10. The molecule has 0 N–H and O–H groups in total. The molecule has 1 amide bonds.